The van der Waals surface area contributed by atoms with E-state index >= 15 is 0 Å². The van der Waals surface area contributed by atoms with Crippen LogP contribution < -0.4 is 5.56 Å². The van der Waals surface area contributed by atoms with Crippen LogP contribution in [-0.2, 0) is 11.3 Å². The lowest BCUT2D eigenvalue weighted by Crippen LogP contribution is -2.51. The first-order chi connectivity index (χ1) is 12.4. The lowest BCUT2D eigenvalue weighted by Gasteiger charge is -2.33. The molecule has 0 radical (unpaired) electrons. The van der Waals surface area contributed by atoms with Crippen molar-refractivity contribution < 1.29 is 9.59 Å². The van der Waals surface area contributed by atoms with Crippen LogP contribution in [0.15, 0.2) is 23.1 Å². The third-order valence-corrected chi connectivity index (χ3v) is 4.46. The Balaban J connectivity index is 1.97. The van der Waals surface area contributed by atoms with E-state index in [1.807, 2.05) is 13.8 Å². The maximum atomic E-state index is 12.9. The van der Waals surface area contributed by atoms with E-state index in [4.69, 9.17) is 0 Å². The van der Waals surface area contributed by atoms with E-state index in [0.29, 0.717) is 43.9 Å². The number of pyridine rings is 1. The summed E-state index contributed by atoms with van der Waals surface area (Å²) in [5.74, 6) is -0.171. The van der Waals surface area contributed by atoms with Crippen LogP contribution in [0.3, 0.4) is 0 Å². The third-order valence-electron chi connectivity index (χ3n) is 4.46. The van der Waals surface area contributed by atoms with Crippen molar-refractivity contribution in [1.82, 2.24) is 24.3 Å². The van der Waals surface area contributed by atoms with Gasteiger partial charge in [0.1, 0.15) is 5.52 Å². The van der Waals surface area contributed by atoms with Gasteiger partial charge in [0.05, 0.1) is 0 Å². The van der Waals surface area contributed by atoms with E-state index in [2.05, 4.69) is 9.97 Å². The number of rotatable bonds is 3. The van der Waals surface area contributed by atoms with Crippen molar-refractivity contribution in [3.63, 3.8) is 0 Å². The molecule has 2 aromatic rings. The summed E-state index contributed by atoms with van der Waals surface area (Å²) in [6.45, 7) is 7.72. The monoisotopic (exact) mass is 357 g/mol. The molecule has 0 unspecified atom stereocenters. The summed E-state index contributed by atoms with van der Waals surface area (Å²) in [5, 5.41) is 0. The molecule has 3 heterocycles. The molecule has 2 amide bonds. The van der Waals surface area contributed by atoms with Crippen molar-refractivity contribution in [2.24, 2.45) is 5.92 Å². The summed E-state index contributed by atoms with van der Waals surface area (Å²) in [7, 11) is 0. The second-order valence-corrected chi connectivity index (χ2v) is 6.91. The summed E-state index contributed by atoms with van der Waals surface area (Å²) in [4.78, 5) is 49.1. The Morgan fingerprint density at radius 2 is 1.81 bits per heavy atom. The zero-order valence-corrected chi connectivity index (χ0v) is 15.3. The van der Waals surface area contributed by atoms with Crippen molar-refractivity contribution in [3.05, 3.63) is 34.4 Å². The minimum atomic E-state index is -0.413. The molecule has 0 aromatic carbocycles. The Bertz CT molecular complexity index is 897. The second kappa shape index (κ2) is 7.23. The van der Waals surface area contributed by atoms with Gasteiger partial charge in [0, 0.05) is 45.8 Å². The molecular weight excluding hydrogens is 334 g/mol. The quantitative estimate of drug-likeness (QED) is 0.809. The molecule has 1 fully saturated rings. The van der Waals surface area contributed by atoms with Crippen LogP contribution in [0.5, 0.6) is 0 Å². The minimum Gasteiger partial charge on any atom is -0.339 e. The highest BCUT2D eigenvalue weighted by Crippen LogP contribution is 2.11. The van der Waals surface area contributed by atoms with Gasteiger partial charge in [0.15, 0.2) is 11.3 Å². The molecular formula is C18H23N5O3. The van der Waals surface area contributed by atoms with Crippen molar-refractivity contribution in [3.8, 4) is 0 Å². The summed E-state index contributed by atoms with van der Waals surface area (Å²) in [5.41, 5.74) is 0.522. The van der Waals surface area contributed by atoms with Gasteiger partial charge in [-0.05, 0) is 18.1 Å². The highest BCUT2D eigenvalue weighted by Gasteiger charge is 2.27. The lowest BCUT2D eigenvalue weighted by molar-refractivity contribution is -0.130. The number of fused-ring (bicyclic) bond motifs is 1. The molecule has 0 aliphatic carbocycles. The first kappa shape index (κ1) is 18.0. The Morgan fingerprint density at radius 3 is 2.42 bits per heavy atom. The molecule has 0 N–H and O–H groups in total. The van der Waals surface area contributed by atoms with Crippen LogP contribution in [0.2, 0.25) is 0 Å². The SMILES string of the molecule is CC(=O)N1CCN(C(=O)c2nc3cccnc3n(CC(C)C)c2=O)CC1. The van der Waals surface area contributed by atoms with E-state index in [0.717, 1.165) is 0 Å². The molecule has 26 heavy (non-hydrogen) atoms. The Hall–Kier alpha value is -2.77. The molecule has 1 saturated heterocycles. The Kier molecular flexibility index (Phi) is 5.01. The first-order valence-electron chi connectivity index (χ1n) is 8.79. The standard InChI is InChI=1S/C18H23N5O3/c1-12(2)11-23-16-14(5-4-6-19-16)20-15(18(23)26)17(25)22-9-7-21(8-10-22)13(3)24/h4-6,12H,7-11H2,1-3H3. The van der Waals surface area contributed by atoms with Crippen molar-refractivity contribution in [2.45, 2.75) is 27.3 Å². The number of piperazine rings is 1. The van der Waals surface area contributed by atoms with E-state index in [1.54, 1.807) is 28.1 Å². The molecule has 3 rings (SSSR count). The number of aromatic nitrogens is 3. The molecule has 1 aliphatic rings. The van der Waals surface area contributed by atoms with E-state index in [9.17, 15) is 14.4 Å². The number of hydrogen-bond donors (Lipinski definition) is 0. The third kappa shape index (κ3) is 3.44. The van der Waals surface area contributed by atoms with Crippen LogP contribution in [0, 0.1) is 5.92 Å². The number of nitrogens with zero attached hydrogens (tertiary/aromatic N) is 5. The molecule has 138 valence electrons. The fourth-order valence-corrected chi connectivity index (χ4v) is 3.12. The van der Waals surface area contributed by atoms with Crippen LogP contribution in [0.1, 0.15) is 31.3 Å². The van der Waals surface area contributed by atoms with Gasteiger partial charge < -0.3 is 9.80 Å². The average molecular weight is 357 g/mol. The highest BCUT2D eigenvalue weighted by atomic mass is 16.2. The van der Waals surface area contributed by atoms with E-state index < -0.39 is 5.56 Å². The van der Waals surface area contributed by atoms with Gasteiger partial charge in [-0.25, -0.2) is 9.97 Å². The Labute approximate surface area is 151 Å². The van der Waals surface area contributed by atoms with Gasteiger partial charge in [0.25, 0.3) is 11.5 Å². The zero-order valence-electron chi connectivity index (χ0n) is 15.3. The Morgan fingerprint density at radius 1 is 1.15 bits per heavy atom. The predicted molar refractivity (Wildman–Crippen MR) is 96.8 cm³/mol. The average Bonchev–Trinajstić information content (AvgIpc) is 2.63. The summed E-state index contributed by atoms with van der Waals surface area (Å²) in [6.07, 6.45) is 1.61. The molecule has 0 bridgehead atoms. The number of carbonyl (C=O) groups excluding carboxylic acids is 2. The van der Waals surface area contributed by atoms with Gasteiger partial charge in [0.2, 0.25) is 5.91 Å². The van der Waals surface area contributed by atoms with Crippen molar-refractivity contribution in [2.75, 3.05) is 26.2 Å². The maximum Gasteiger partial charge on any atom is 0.283 e. The second-order valence-electron chi connectivity index (χ2n) is 6.91. The lowest BCUT2D eigenvalue weighted by atomic mass is 10.2. The predicted octanol–water partition coefficient (Wildman–Crippen LogP) is 0.752. The van der Waals surface area contributed by atoms with Crippen LogP contribution in [0.4, 0.5) is 0 Å². The number of carbonyl (C=O) groups is 2. The van der Waals surface area contributed by atoms with Crippen LogP contribution in [-0.4, -0.2) is 62.3 Å². The molecule has 0 atom stereocenters. The van der Waals surface area contributed by atoms with Crippen molar-refractivity contribution >= 4 is 23.0 Å². The van der Waals surface area contributed by atoms with Gasteiger partial charge >= 0.3 is 0 Å². The van der Waals surface area contributed by atoms with Gasteiger partial charge in [-0.3, -0.25) is 19.0 Å². The topological polar surface area (TPSA) is 88.4 Å². The molecule has 0 saturated carbocycles. The number of amides is 2. The minimum absolute atomic E-state index is 0.00806. The van der Waals surface area contributed by atoms with Gasteiger partial charge in [-0.2, -0.15) is 0 Å². The summed E-state index contributed by atoms with van der Waals surface area (Å²) < 4.78 is 1.53. The fraction of sp³-hybridized carbons (Fsp3) is 0.500. The highest BCUT2D eigenvalue weighted by molar-refractivity contribution is 5.93. The zero-order chi connectivity index (χ0) is 18.8. The smallest absolute Gasteiger partial charge is 0.283 e. The van der Waals surface area contributed by atoms with Crippen molar-refractivity contribution in [1.29, 1.82) is 0 Å². The molecule has 0 spiro atoms. The number of hydrogen-bond acceptors (Lipinski definition) is 5. The molecule has 2 aromatic heterocycles. The van der Waals surface area contributed by atoms with Gasteiger partial charge in [-0.1, -0.05) is 13.8 Å². The van der Waals surface area contributed by atoms with E-state index in [-0.39, 0.29) is 23.4 Å². The van der Waals surface area contributed by atoms with Crippen LogP contribution in [0.25, 0.3) is 11.2 Å². The molecule has 8 nitrogen and oxygen atoms in total. The fourth-order valence-electron chi connectivity index (χ4n) is 3.12. The first-order valence-corrected chi connectivity index (χ1v) is 8.79. The molecule has 8 heteroatoms. The van der Waals surface area contributed by atoms with Crippen LogP contribution >= 0.6 is 0 Å². The maximum absolute atomic E-state index is 12.9. The largest absolute Gasteiger partial charge is 0.339 e. The van der Waals surface area contributed by atoms with Gasteiger partial charge in [-0.15, -0.1) is 0 Å². The molecule has 1 aliphatic heterocycles. The summed E-state index contributed by atoms with van der Waals surface area (Å²) in [6, 6.07) is 3.49. The normalized spacial score (nSPS) is 14.9. The van der Waals surface area contributed by atoms with E-state index in [1.165, 1.54) is 11.5 Å². The summed E-state index contributed by atoms with van der Waals surface area (Å²) >= 11 is 0.